The lowest BCUT2D eigenvalue weighted by Gasteiger charge is -2.22. The van der Waals surface area contributed by atoms with Gasteiger partial charge in [-0.3, -0.25) is 4.79 Å². The quantitative estimate of drug-likeness (QED) is 0.775. The molecule has 0 aromatic rings. The number of sulfonamides is 1. The van der Waals surface area contributed by atoms with Crippen LogP contribution < -0.4 is 0 Å². The van der Waals surface area contributed by atoms with Gasteiger partial charge in [0.15, 0.2) is 0 Å². The van der Waals surface area contributed by atoms with E-state index in [4.69, 9.17) is 10.4 Å². The molecule has 1 saturated carbocycles. The van der Waals surface area contributed by atoms with Gasteiger partial charge in [-0.15, -0.1) is 0 Å². The molecule has 2 rings (SSSR count). The number of hydrogen-bond acceptors (Lipinski definition) is 4. The second-order valence-corrected chi connectivity index (χ2v) is 6.68. The molecule has 0 radical (unpaired) electrons. The van der Waals surface area contributed by atoms with Gasteiger partial charge in [0.05, 0.1) is 17.2 Å². The maximum Gasteiger partial charge on any atom is 0.322 e. The largest absolute Gasteiger partial charge is 0.480 e. The van der Waals surface area contributed by atoms with E-state index in [2.05, 4.69) is 0 Å². The zero-order valence-electron chi connectivity index (χ0n) is 9.29. The Labute approximate surface area is 99.9 Å². The highest BCUT2D eigenvalue weighted by Crippen LogP contribution is 2.46. The summed E-state index contributed by atoms with van der Waals surface area (Å²) in [6.45, 7) is 0.251. The Hall–Kier alpha value is -1.13. The summed E-state index contributed by atoms with van der Waals surface area (Å²) in [6.07, 6.45) is 2.10. The van der Waals surface area contributed by atoms with Crippen LogP contribution >= 0.6 is 0 Å². The van der Waals surface area contributed by atoms with Crippen LogP contribution in [0.2, 0.25) is 0 Å². The Morgan fingerprint density at radius 3 is 2.65 bits per heavy atom. The molecule has 0 aromatic carbocycles. The van der Waals surface area contributed by atoms with E-state index in [-0.39, 0.29) is 12.3 Å². The number of carboxylic acids is 1. The number of rotatable bonds is 4. The van der Waals surface area contributed by atoms with Gasteiger partial charge in [-0.25, -0.2) is 8.42 Å². The highest BCUT2D eigenvalue weighted by molar-refractivity contribution is 7.89. The minimum Gasteiger partial charge on any atom is -0.480 e. The molecule has 2 fully saturated rings. The molecular weight excluding hydrogens is 244 g/mol. The van der Waals surface area contributed by atoms with Crippen LogP contribution in [0, 0.1) is 16.7 Å². The van der Waals surface area contributed by atoms with Gasteiger partial charge in [0.1, 0.15) is 6.04 Å². The molecule has 1 saturated heterocycles. The third-order valence-electron chi connectivity index (χ3n) is 3.40. The van der Waals surface area contributed by atoms with Crippen LogP contribution in [-0.4, -0.2) is 42.1 Å². The van der Waals surface area contributed by atoms with E-state index >= 15 is 0 Å². The van der Waals surface area contributed by atoms with E-state index in [9.17, 15) is 13.2 Å². The lowest BCUT2D eigenvalue weighted by molar-refractivity contribution is -0.140. The predicted octanol–water partition coefficient (Wildman–Crippen LogP) is 0.169. The van der Waals surface area contributed by atoms with Crippen LogP contribution in [0.1, 0.15) is 25.7 Å². The Bertz CT molecular complexity index is 475. The van der Waals surface area contributed by atoms with Crippen LogP contribution in [0.3, 0.4) is 0 Å². The average molecular weight is 258 g/mol. The molecule has 0 unspecified atom stereocenters. The number of carbonyl (C=O) groups is 1. The second-order valence-electron chi connectivity index (χ2n) is 4.76. The zero-order valence-corrected chi connectivity index (χ0v) is 10.1. The minimum absolute atomic E-state index is 0.236. The Morgan fingerprint density at radius 1 is 1.53 bits per heavy atom. The van der Waals surface area contributed by atoms with Crippen LogP contribution in [0.4, 0.5) is 0 Å². The van der Waals surface area contributed by atoms with Gasteiger partial charge in [-0.05, 0) is 25.7 Å². The third kappa shape index (κ3) is 2.28. The summed E-state index contributed by atoms with van der Waals surface area (Å²) in [7, 11) is -3.63. The molecule has 1 aliphatic heterocycles. The van der Waals surface area contributed by atoms with Crippen molar-refractivity contribution >= 4 is 16.0 Å². The summed E-state index contributed by atoms with van der Waals surface area (Å²) in [5.41, 5.74) is -0.759. The molecule has 0 aromatic heterocycles. The van der Waals surface area contributed by atoms with E-state index in [0.717, 1.165) is 4.31 Å². The van der Waals surface area contributed by atoms with E-state index in [1.807, 2.05) is 6.07 Å². The molecule has 1 atom stereocenters. The molecule has 1 heterocycles. The topological polar surface area (TPSA) is 98.5 Å². The standard InChI is InChI=1S/C10H14N2O4S/c11-6-10(3-4-10)7-17(15,16)12-5-1-2-8(12)9(13)14/h8H,1-5,7H2,(H,13,14)/t8-/m1/s1. The average Bonchev–Trinajstić information content (AvgIpc) is 2.82. The van der Waals surface area contributed by atoms with Gasteiger partial charge in [-0.1, -0.05) is 0 Å². The third-order valence-corrected chi connectivity index (χ3v) is 5.46. The normalized spacial score (nSPS) is 27.6. The Balaban J connectivity index is 2.16. The number of carboxylic acid groups (broad SMARTS) is 1. The first-order valence-corrected chi connectivity index (χ1v) is 7.15. The molecule has 1 N–H and O–H groups in total. The maximum absolute atomic E-state index is 12.1. The molecular formula is C10H14N2O4S. The van der Waals surface area contributed by atoms with Crippen molar-refractivity contribution in [3.8, 4) is 6.07 Å². The molecule has 2 aliphatic rings. The summed E-state index contributed by atoms with van der Waals surface area (Å²) in [4.78, 5) is 10.9. The van der Waals surface area contributed by atoms with Crippen molar-refractivity contribution in [1.82, 2.24) is 4.31 Å². The van der Waals surface area contributed by atoms with Crippen LogP contribution in [0.25, 0.3) is 0 Å². The fraction of sp³-hybridized carbons (Fsp3) is 0.800. The highest BCUT2D eigenvalue weighted by Gasteiger charge is 2.50. The minimum atomic E-state index is -3.63. The first-order chi connectivity index (χ1) is 7.90. The van der Waals surface area contributed by atoms with Crippen molar-refractivity contribution in [2.24, 2.45) is 5.41 Å². The first kappa shape index (κ1) is 12.3. The number of hydrogen-bond donors (Lipinski definition) is 1. The molecule has 1 aliphatic carbocycles. The molecule has 94 valence electrons. The predicted molar refractivity (Wildman–Crippen MR) is 58.4 cm³/mol. The van der Waals surface area contributed by atoms with Crippen molar-refractivity contribution in [2.45, 2.75) is 31.7 Å². The lowest BCUT2D eigenvalue weighted by atomic mass is 10.2. The monoisotopic (exact) mass is 258 g/mol. The summed E-state index contributed by atoms with van der Waals surface area (Å²) < 4.78 is 25.2. The van der Waals surface area contributed by atoms with E-state index in [0.29, 0.717) is 25.7 Å². The molecule has 17 heavy (non-hydrogen) atoms. The summed E-state index contributed by atoms with van der Waals surface area (Å²) in [5, 5.41) is 17.8. The number of nitrogens with zero attached hydrogens (tertiary/aromatic N) is 2. The SMILES string of the molecule is N#CC1(CS(=O)(=O)N2CCC[C@@H]2C(=O)O)CC1. The van der Waals surface area contributed by atoms with Crippen LogP contribution in [0.15, 0.2) is 0 Å². The molecule has 7 heteroatoms. The smallest absolute Gasteiger partial charge is 0.322 e. The van der Waals surface area contributed by atoms with Gasteiger partial charge in [0, 0.05) is 6.54 Å². The molecule has 0 spiro atoms. The van der Waals surface area contributed by atoms with Crippen molar-refractivity contribution < 1.29 is 18.3 Å². The van der Waals surface area contributed by atoms with Crippen molar-refractivity contribution in [3.63, 3.8) is 0 Å². The van der Waals surface area contributed by atoms with Gasteiger partial charge in [0.2, 0.25) is 10.0 Å². The van der Waals surface area contributed by atoms with Crippen molar-refractivity contribution in [3.05, 3.63) is 0 Å². The fourth-order valence-electron chi connectivity index (χ4n) is 2.19. The summed E-state index contributed by atoms with van der Waals surface area (Å²) in [6, 6.07) is 1.07. The maximum atomic E-state index is 12.1. The summed E-state index contributed by atoms with van der Waals surface area (Å²) >= 11 is 0. The van der Waals surface area contributed by atoms with Gasteiger partial charge in [0.25, 0.3) is 0 Å². The fourth-order valence-corrected chi connectivity index (χ4v) is 4.40. The molecule has 6 nitrogen and oxygen atoms in total. The first-order valence-electron chi connectivity index (χ1n) is 5.54. The highest BCUT2D eigenvalue weighted by atomic mass is 32.2. The van der Waals surface area contributed by atoms with Gasteiger partial charge >= 0.3 is 5.97 Å². The molecule has 0 bridgehead atoms. The molecule has 0 amide bonds. The van der Waals surface area contributed by atoms with Crippen molar-refractivity contribution in [1.29, 1.82) is 5.26 Å². The number of nitriles is 1. The van der Waals surface area contributed by atoms with Crippen LogP contribution in [-0.2, 0) is 14.8 Å². The van der Waals surface area contributed by atoms with E-state index < -0.39 is 27.4 Å². The zero-order chi connectivity index (χ0) is 12.7. The summed E-state index contributed by atoms with van der Waals surface area (Å²) in [5.74, 6) is -1.34. The van der Waals surface area contributed by atoms with Crippen molar-refractivity contribution in [2.75, 3.05) is 12.3 Å². The second kappa shape index (κ2) is 3.96. The number of aliphatic carboxylic acids is 1. The lowest BCUT2D eigenvalue weighted by Crippen LogP contribution is -2.42. The van der Waals surface area contributed by atoms with Gasteiger partial charge in [-0.2, -0.15) is 9.57 Å². The van der Waals surface area contributed by atoms with Crippen LogP contribution in [0.5, 0.6) is 0 Å². The Morgan fingerprint density at radius 2 is 2.18 bits per heavy atom. The van der Waals surface area contributed by atoms with E-state index in [1.54, 1.807) is 0 Å². The van der Waals surface area contributed by atoms with E-state index in [1.165, 1.54) is 0 Å². The Kier molecular flexibility index (Phi) is 2.87. The van der Waals surface area contributed by atoms with Gasteiger partial charge < -0.3 is 5.11 Å².